The smallest absolute Gasteiger partial charge is 0.191 e. The van der Waals surface area contributed by atoms with Crippen LogP contribution in [0.15, 0.2) is 29.3 Å². The number of aliphatic hydroxyl groups excluding tert-OH is 1. The number of hydrogen-bond acceptors (Lipinski definition) is 4. The van der Waals surface area contributed by atoms with Gasteiger partial charge in [-0.3, -0.25) is 4.99 Å². The van der Waals surface area contributed by atoms with Crippen LogP contribution in [-0.4, -0.2) is 51.1 Å². The van der Waals surface area contributed by atoms with E-state index in [0.29, 0.717) is 26.4 Å². The standard InChI is InChI=1S/C19H31N3O3.HI/c1-3-24-13-17-7-5-4-6-16(17)12-21-18(20-2)22-14-19(8-10-23)9-11-25-15-19;/h4-7,23H,3,8-15H2,1-2H3,(H2,20,21,22);1H. The number of rotatable bonds is 9. The summed E-state index contributed by atoms with van der Waals surface area (Å²) in [5.74, 6) is 0.760. The molecule has 1 aromatic carbocycles. The molecule has 0 bridgehead atoms. The molecule has 1 saturated heterocycles. The monoisotopic (exact) mass is 477 g/mol. The molecule has 0 radical (unpaired) electrons. The van der Waals surface area contributed by atoms with Gasteiger partial charge >= 0.3 is 0 Å². The lowest BCUT2D eigenvalue weighted by Crippen LogP contribution is -2.44. The zero-order chi connectivity index (χ0) is 18.0. The van der Waals surface area contributed by atoms with E-state index in [1.807, 2.05) is 19.1 Å². The van der Waals surface area contributed by atoms with Crippen LogP contribution in [0.3, 0.4) is 0 Å². The molecule has 0 aromatic heterocycles. The van der Waals surface area contributed by atoms with E-state index in [0.717, 1.165) is 32.0 Å². The number of nitrogens with one attached hydrogen (secondary N) is 2. The zero-order valence-corrected chi connectivity index (χ0v) is 18.1. The first-order valence-electron chi connectivity index (χ1n) is 9.00. The van der Waals surface area contributed by atoms with Crippen LogP contribution >= 0.6 is 24.0 Å². The van der Waals surface area contributed by atoms with E-state index in [4.69, 9.17) is 9.47 Å². The molecule has 0 spiro atoms. The molecule has 7 heteroatoms. The van der Waals surface area contributed by atoms with E-state index < -0.39 is 0 Å². The lowest BCUT2D eigenvalue weighted by Gasteiger charge is -2.27. The summed E-state index contributed by atoms with van der Waals surface area (Å²) in [6.45, 7) is 6.40. The fraction of sp³-hybridized carbons (Fsp3) is 0.632. The minimum Gasteiger partial charge on any atom is -0.396 e. The highest BCUT2D eigenvalue weighted by Crippen LogP contribution is 2.31. The third-order valence-corrected chi connectivity index (χ3v) is 4.71. The van der Waals surface area contributed by atoms with Crippen LogP contribution in [0.25, 0.3) is 0 Å². The maximum atomic E-state index is 9.33. The quantitative estimate of drug-likeness (QED) is 0.289. The molecule has 0 aliphatic carbocycles. The lowest BCUT2D eigenvalue weighted by molar-refractivity contribution is 0.127. The molecule has 1 atom stereocenters. The van der Waals surface area contributed by atoms with Gasteiger partial charge in [-0.2, -0.15) is 0 Å². The molecular weight excluding hydrogens is 445 g/mol. The zero-order valence-electron chi connectivity index (χ0n) is 15.8. The molecule has 26 heavy (non-hydrogen) atoms. The van der Waals surface area contributed by atoms with Crippen molar-refractivity contribution in [2.24, 2.45) is 10.4 Å². The van der Waals surface area contributed by atoms with Crippen LogP contribution in [0.5, 0.6) is 0 Å². The summed E-state index contributed by atoms with van der Waals surface area (Å²) >= 11 is 0. The highest BCUT2D eigenvalue weighted by Gasteiger charge is 2.34. The summed E-state index contributed by atoms with van der Waals surface area (Å²) in [5, 5.41) is 16.1. The van der Waals surface area contributed by atoms with Crippen molar-refractivity contribution < 1.29 is 14.6 Å². The minimum absolute atomic E-state index is 0. The third kappa shape index (κ3) is 7.02. The minimum atomic E-state index is -0.000751. The van der Waals surface area contributed by atoms with Crippen LogP contribution in [0.1, 0.15) is 30.9 Å². The van der Waals surface area contributed by atoms with Crippen molar-refractivity contribution >= 4 is 29.9 Å². The second-order valence-electron chi connectivity index (χ2n) is 6.46. The number of benzene rings is 1. The van der Waals surface area contributed by atoms with Crippen molar-refractivity contribution in [1.29, 1.82) is 0 Å². The number of guanidine groups is 1. The molecule has 3 N–H and O–H groups in total. The molecule has 1 aromatic rings. The Morgan fingerprint density at radius 2 is 2.08 bits per heavy atom. The van der Waals surface area contributed by atoms with E-state index >= 15 is 0 Å². The Morgan fingerprint density at radius 3 is 2.69 bits per heavy atom. The number of hydrogen-bond donors (Lipinski definition) is 3. The van der Waals surface area contributed by atoms with Gasteiger partial charge in [-0.1, -0.05) is 24.3 Å². The van der Waals surface area contributed by atoms with Gasteiger partial charge in [0, 0.05) is 45.4 Å². The molecule has 0 saturated carbocycles. The number of ether oxygens (including phenoxy) is 2. The molecule has 1 fully saturated rings. The van der Waals surface area contributed by atoms with Crippen LogP contribution in [0.4, 0.5) is 0 Å². The van der Waals surface area contributed by atoms with Gasteiger partial charge in [0.1, 0.15) is 0 Å². The summed E-state index contributed by atoms with van der Waals surface area (Å²) < 4.78 is 11.1. The number of aliphatic imine (C=N–C) groups is 1. The summed E-state index contributed by atoms with van der Waals surface area (Å²) in [6.07, 6.45) is 1.71. The maximum absolute atomic E-state index is 9.33. The van der Waals surface area contributed by atoms with Crippen molar-refractivity contribution in [2.45, 2.75) is 32.9 Å². The molecule has 1 heterocycles. The maximum Gasteiger partial charge on any atom is 0.191 e. The first kappa shape index (κ1) is 23.1. The number of aliphatic hydroxyl groups is 1. The van der Waals surface area contributed by atoms with Crippen molar-refractivity contribution in [3.05, 3.63) is 35.4 Å². The van der Waals surface area contributed by atoms with Gasteiger partial charge in [-0.05, 0) is 30.9 Å². The topological polar surface area (TPSA) is 75.1 Å². The molecular formula is C19H32IN3O3. The highest BCUT2D eigenvalue weighted by molar-refractivity contribution is 14.0. The van der Waals surface area contributed by atoms with E-state index in [9.17, 15) is 5.11 Å². The van der Waals surface area contributed by atoms with E-state index in [2.05, 4.69) is 27.8 Å². The molecule has 1 unspecified atom stereocenters. The summed E-state index contributed by atoms with van der Waals surface area (Å²) in [4.78, 5) is 4.31. The Hall–Kier alpha value is -0.900. The van der Waals surface area contributed by atoms with Crippen molar-refractivity contribution in [3.63, 3.8) is 0 Å². The van der Waals surface area contributed by atoms with Crippen molar-refractivity contribution in [2.75, 3.05) is 40.0 Å². The number of nitrogens with zero attached hydrogens (tertiary/aromatic N) is 1. The Bertz CT molecular complexity index is 549. The highest BCUT2D eigenvalue weighted by atomic mass is 127. The van der Waals surface area contributed by atoms with Crippen molar-refractivity contribution in [1.82, 2.24) is 10.6 Å². The first-order valence-corrected chi connectivity index (χ1v) is 9.00. The Balaban J connectivity index is 0.00000338. The molecule has 148 valence electrons. The van der Waals surface area contributed by atoms with Gasteiger partial charge in [0.25, 0.3) is 0 Å². The summed E-state index contributed by atoms with van der Waals surface area (Å²) in [7, 11) is 1.77. The Labute approximate surface area is 173 Å². The predicted octanol–water partition coefficient (Wildman–Crippen LogP) is 2.30. The second-order valence-corrected chi connectivity index (χ2v) is 6.46. The van der Waals surface area contributed by atoms with Crippen LogP contribution < -0.4 is 10.6 Å². The Kier molecular flexibility index (Phi) is 11.1. The van der Waals surface area contributed by atoms with Gasteiger partial charge in [0.15, 0.2) is 5.96 Å². The second kappa shape index (κ2) is 12.5. The predicted molar refractivity (Wildman–Crippen MR) is 115 cm³/mol. The molecule has 0 amide bonds. The van der Waals surface area contributed by atoms with Crippen LogP contribution in [0, 0.1) is 5.41 Å². The van der Waals surface area contributed by atoms with Gasteiger partial charge in [0.2, 0.25) is 0 Å². The first-order chi connectivity index (χ1) is 12.2. The van der Waals surface area contributed by atoms with Crippen molar-refractivity contribution in [3.8, 4) is 0 Å². The average molecular weight is 477 g/mol. The lowest BCUT2D eigenvalue weighted by atomic mass is 9.84. The SMILES string of the molecule is CCOCc1ccccc1CNC(=NC)NCC1(CCO)CCOC1.I. The van der Waals surface area contributed by atoms with Gasteiger partial charge in [0.05, 0.1) is 13.2 Å². The van der Waals surface area contributed by atoms with E-state index in [-0.39, 0.29) is 36.0 Å². The fourth-order valence-electron chi connectivity index (χ4n) is 3.07. The van der Waals surface area contributed by atoms with Gasteiger partial charge < -0.3 is 25.2 Å². The Morgan fingerprint density at radius 1 is 1.31 bits per heavy atom. The average Bonchev–Trinajstić information content (AvgIpc) is 3.10. The summed E-state index contributed by atoms with van der Waals surface area (Å²) in [5.41, 5.74) is 2.39. The largest absolute Gasteiger partial charge is 0.396 e. The number of halogens is 1. The third-order valence-electron chi connectivity index (χ3n) is 4.71. The molecule has 1 aliphatic rings. The normalized spacial score (nSPS) is 19.9. The van der Waals surface area contributed by atoms with Crippen LogP contribution in [0.2, 0.25) is 0 Å². The van der Waals surface area contributed by atoms with Crippen LogP contribution in [-0.2, 0) is 22.6 Å². The fourth-order valence-corrected chi connectivity index (χ4v) is 3.07. The molecule has 6 nitrogen and oxygen atoms in total. The van der Waals surface area contributed by atoms with Gasteiger partial charge in [-0.15, -0.1) is 24.0 Å². The van der Waals surface area contributed by atoms with Gasteiger partial charge in [-0.25, -0.2) is 0 Å². The molecule has 2 rings (SSSR count). The molecule has 1 aliphatic heterocycles. The summed E-state index contributed by atoms with van der Waals surface area (Å²) in [6, 6.07) is 8.26. The van der Waals surface area contributed by atoms with E-state index in [1.165, 1.54) is 11.1 Å². The van der Waals surface area contributed by atoms with E-state index in [1.54, 1.807) is 7.05 Å².